The number of carbonyl (C=O) groups is 2. The quantitative estimate of drug-likeness (QED) is 0.813. The van der Waals surface area contributed by atoms with Gasteiger partial charge in [-0.2, -0.15) is 0 Å². The van der Waals surface area contributed by atoms with Gasteiger partial charge in [0.25, 0.3) is 5.91 Å². The molecule has 1 aliphatic rings. The Bertz CT molecular complexity index is 590. The molecule has 0 aromatic carbocycles. The van der Waals surface area contributed by atoms with Gasteiger partial charge in [-0.3, -0.25) is 9.59 Å². The zero-order chi connectivity index (χ0) is 17.0. The Morgan fingerprint density at radius 3 is 2.74 bits per heavy atom. The second-order valence-corrected chi connectivity index (χ2v) is 6.65. The molecule has 6 nitrogen and oxygen atoms in total. The number of nitrogens with one attached hydrogen (secondary N) is 2. The molecular formula is C17H24N4O2. The van der Waals surface area contributed by atoms with Gasteiger partial charge in [-0.1, -0.05) is 6.08 Å². The molecule has 1 aromatic rings. The van der Waals surface area contributed by atoms with Crippen molar-refractivity contribution in [3.63, 3.8) is 0 Å². The van der Waals surface area contributed by atoms with Gasteiger partial charge in [-0.25, -0.2) is 4.98 Å². The van der Waals surface area contributed by atoms with E-state index in [9.17, 15) is 9.59 Å². The van der Waals surface area contributed by atoms with Crippen LogP contribution in [0.5, 0.6) is 0 Å². The van der Waals surface area contributed by atoms with Crippen molar-refractivity contribution in [1.82, 2.24) is 15.2 Å². The van der Waals surface area contributed by atoms with E-state index in [2.05, 4.69) is 22.2 Å². The average Bonchev–Trinajstić information content (AvgIpc) is 2.86. The summed E-state index contributed by atoms with van der Waals surface area (Å²) >= 11 is 0. The first-order valence-corrected chi connectivity index (χ1v) is 7.73. The molecule has 23 heavy (non-hydrogen) atoms. The van der Waals surface area contributed by atoms with Gasteiger partial charge in [-0.05, 0) is 32.9 Å². The van der Waals surface area contributed by atoms with Crippen LogP contribution in [-0.4, -0.2) is 46.4 Å². The highest BCUT2D eigenvalue weighted by molar-refractivity contribution is 5.94. The van der Waals surface area contributed by atoms with Crippen molar-refractivity contribution in [3.8, 4) is 0 Å². The summed E-state index contributed by atoms with van der Waals surface area (Å²) in [4.78, 5) is 30.0. The minimum atomic E-state index is -0.182. The molecule has 6 heteroatoms. The second-order valence-electron chi connectivity index (χ2n) is 6.65. The number of amides is 2. The normalized spacial score (nSPS) is 18.0. The summed E-state index contributed by atoms with van der Waals surface area (Å²) in [5, 5.41) is 5.96. The maximum atomic E-state index is 12.1. The number of nitrogens with zero attached hydrogens (tertiary/aromatic N) is 2. The molecule has 0 radical (unpaired) electrons. The second kappa shape index (κ2) is 6.81. The third kappa shape index (κ3) is 4.31. The van der Waals surface area contributed by atoms with Crippen molar-refractivity contribution in [2.24, 2.45) is 0 Å². The SMILES string of the molecule is C=CCNC(=O)c1ccc(NC2CC(=O)N(C(C)(C)C)C2)nc1. The molecule has 2 heterocycles. The van der Waals surface area contributed by atoms with Crippen LogP contribution in [-0.2, 0) is 4.79 Å². The summed E-state index contributed by atoms with van der Waals surface area (Å²) < 4.78 is 0. The predicted molar refractivity (Wildman–Crippen MR) is 90.3 cm³/mol. The number of anilines is 1. The highest BCUT2D eigenvalue weighted by atomic mass is 16.2. The van der Waals surface area contributed by atoms with Crippen molar-refractivity contribution in [2.75, 3.05) is 18.4 Å². The van der Waals surface area contributed by atoms with Crippen molar-refractivity contribution in [2.45, 2.75) is 38.8 Å². The number of aromatic nitrogens is 1. The predicted octanol–water partition coefficient (Wildman–Crippen LogP) is 1.81. The van der Waals surface area contributed by atoms with Gasteiger partial charge in [0.15, 0.2) is 0 Å². The van der Waals surface area contributed by atoms with E-state index in [0.29, 0.717) is 30.9 Å². The van der Waals surface area contributed by atoms with E-state index < -0.39 is 0 Å². The molecule has 0 saturated carbocycles. The van der Waals surface area contributed by atoms with E-state index in [1.54, 1.807) is 18.2 Å². The molecule has 1 fully saturated rings. The summed E-state index contributed by atoms with van der Waals surface area (Å²) in [6.07, 6.45) is 3.61. The molecular weight excluding hydrogens is 292 g/mol. The maximum absolute atomic E-state index is 12.1. The van der Waals surface area contributed by atoms with Crippen LogP contribution in [0.4, 0.5) is 5.82 Å². The molecule has 2 amide bonds. The first-order chi connectivity index (χ1) is 10.8. The molecule has 1 aliphatic heterocycles. The minimum absolute atomic E-state index is 0.0367. The molecule has 1 saturated heterocycles. The molecule has 1 unspecified atom stereocenters. The molecule has 0 spiro atoms. The van der Waals surface area contributed by atoms with Gasteiger partial charge < -0.3 is 15.5 Å². The van der Waals surface area contributed by atoms with Crippen molar-refractivity contribution >= 4 is 17.6 Å². The van der Waals surface area contributed by atoms with Gasteiger partial charge in [0.2, 0.25) is 5.91 Å². The fraction of sp³-hybridized carbons (Fsp3) is 0.471. The van der Waals surface area contributed by atoms with Crippen LogP contribution in [0.15, 0.2) is 31.0 Å². The lowest BCUT2D eigenvalue weighted by Gasteiger charge is -2.32. The standard InChI is InChI=1S/C17H24N4O2/c1-5-8-18-16(23)12-6-7-14(19-10-12)20-13-9-15(22)21(11-13)17(2,3)4/h5-7,10,13H,1,8-9,11H2,2-4H3,(H,18,23)(H,19,20). The first-order valence-electron chi connectivity index (χ1n) is 7.73. The fourth-order valence-corrected chi connectivity index (χ4v) is 2.54. The van der Waals surface area contributed by atoms with Crippen molar-refractivity contribution in [3.05, 3.63) is 36.5 Å². The number of rotatable bonds is 5. The molecule has 1 aromatic heterocycles. The molecule has 1 atom stereocenters. The summed E-state index contributed by atoms with van der Waals surface area (Å²) in [7, 11) is 0. The minimum Gasteiger partial charge on any atom is -0.365 e. The Morgan fingerprint density at radius 2 is 2.22 bits per heavy atom. The smallest absolute Gasteiger partial charge is 0.253 e. The average molecular weight is 316 g/mol. The fourth-order valence-electron chi connectivity index (χ4n) is 2.54. The zero-order valence-corrected chi connectivity index (χ0v) is 13.9. The van der Waals surface area contributed by atoms with E-state index in [-0.39, 0.29) is 23.4 Å². The number of hydrogen-bond donors (Lipinski definition) is 2. The number of likely N-dealkylation sites (tertiary alicyclic amines) is 1. The molecule has 124 valence electrons. The highest BCUT2D eigenvalue weighted by Gasteiger charge is 2.36. The first kappa shape index (κ1) is 17.0. The Hall–Kier alpha value is -2.37. The third-order valence-electron chi connectivity index (χ3n) is 3.72. The maximum Gasteiger partial charge on any atom is 0.253 e. The number of carbonyl (C=O) groups excluding carboxylic acids is 2. The van der Waals surface area contributed by atoms with Crippen LogP contribution in [0.3, 0.4) is 0 Å². The third-order valence-corrected chi connectivity index (χ3v) is 3.72. The van der Waals surface area contributed by atoms with Crippen molar-refractivity contribution < 1.29 is 9.59 Å². The summed E-state index contributed by atoms with van der Waals surface area (Å²) in [6, 6.07) is 3.51. The Kier molecular flexibility index (Phi) is 5.03. The molecule has 0 bridgehead atoms. The topological polar surface area (TPSA) is 74.3 Å². The van der Waals surface area contributed by atoms with E-state index in [4.69, 9.17) is 0 Å². The van der Waals surface area contributed by atoms with E-state index >= 15 is 0 Å². The van der Waals surface area contributed by atoms with Crippen LogP contribution in [0.2, 0.25) is 0 Å². The number of hydrogen-bond acceptors (Lipinski definition) is 4. The highest BCUT2D eigenvalue weighted by Crippen LogP contribution is 2.23. The van der Waals surface area contributed by atoms with E-state index in [1.807, 2.05) is 25.7 Å². The van der Waals surface area contributed by atoms with Gasteiger partial charge in [-0.15, -0.1) is 6.58 Å². The molecule has 2 rings (SSSR count). The zero-order valence-electron chi connectivity index (χ0n) is 13.9. The van der Waals surface area contributed by atoms with E-state index in [1.165, 1.54) is 6.20 Å². The van der Waals surface area contributed by atoms with Gasteiger partial charge in [0.05, 0.1) is 11.6 Å². The van der Waals surface area contributed by atoms with E-state index in [0.717, 1.165) is 0 Å². The monoisotopic (exact) mass is 316 g/mol. The molecule has 2 N–H and O–H groups in total. The van der Waals surface area contributed by atoms with Crippen LogP contribution in [0, 0.1) is 0 Å². The van der Waals surface area contributed by atoms with Gasteiger partial charge in [0.1, 0.15) is 5.82 Å². The van der Waals surface area contributed by atoms with Crippen LogP contribution in [0.25, 0.3) is 0 Å². The van der Waals surface area contributed by atoms with Crippen molar-refractivity contribution in [1.29, 1.82) is 0 Å². The van der Waals surface area contributed by atoms with Crippen LogP contribution < -0.4 is 10.6 Å². The number of pyridine rings is 1. The lowest BCUT2D eigenvalue weighted by molar-refractivity contribution is -0.131. The van der Waals surface area contributed by atoms with Gasteiger partial charge >= 0.3 is 0 Å². The lowest BCUT2D eigenvalue weighted by atomic mass is 10.1. The Balaban J connectivity index is 1.95. The van der Waals surface area contributed by atoms with Crippen LogP contribution in [0.1, 0.15) is 37.6 Å². The largest absolute Gasteiger partial charge is 0.365 e. The Morgan fingerprint density at radius 1 is 1.48 bits per heavy atom. The van der Waals surface area contributed by atoms with Crippen LogP contribution >= 0.6 is 0 Å². The Labute approximate surface area is 137 Å². The summed E-state index contributed by atoms with van der Waals surface area (Å²) in [5.74, 6) is 0.633. The molecule has 0 aliphatic carbocycles. The summed E-state index contributed by atoms with van der Waals surface area (Å²) in [5.41, 5.74) is 0.324. The lowest BCUT2D eigenvalue weighted by Crippen LogP contribution is -2.43. The summed E-state index contributed by atoms with van der Waals surface area (Å²) in [6.45, 7) is 10.7. The van der Waals surface area contributed by atoms with Gasteiger partial charge in [0, 0.05) is 31.2 Å².